The zero-order chi connectivity index (χ0) is 21.5. The summed E-state index contributed by atoms with van der Waals surface area (Å²) in [5.41, 5.74) is 5.29. The van der Waals surface area contributed by atoms with Crippen molar-refractivity contribution in [3.63, 3.8) is 0 Å². The molecule has 0 aromatic heterocycles. The number of nitrogens with two attached hydrogens (primary N) is 1. The number of amides is 1. The number of carbonyl (C=O) groups excluding carboxylic acids is 1. The molecule has 3 aromatic rings. The molecule has 5 heteroatoms. The third kappa shape index (κ3) is 5.27. The van der Waals surface area contributed by atoms with Crippen LogP contribution in [0.4, 0.5) is 5.69 Å². The molecule has 5 nitrogen and oxygen atoms in total. The first kappa shape index (κ1) is 21.0. The summed E-state index contributed by atoms with van der Waals surface area (Å²) in [4.78, 5) is 17.1. The highest BCUT2D eigenvalue weighted by Crippen LogP contribution is 2.29. The van der Waals surface area contributed by atoms with Gasteiger partial charge < -0.3 is 4.90 Å². The minimum Gasteiger partial charge on any atom is -0.337 e. The van der Waals surface area contributed by atoms with Crippen LogP contribution in [-0.2, 0) is 4.79 Å². The van der Waals surface area contributed by atoms with Gasteiger partial charge in [-0.05, 0) is 34.9 Å². The van der Waals surface area contributed by atoms with Gasteiger partial charge in [0.2, 0.25) is 5.91 Å². The molecular weight excluding hydrogens is 386 g/mol. The summed E-state index contributed by atoms with van der Waals surface area (Å²) >= 11 is 0. The van der Waals surface area contributed by atoms with Crippen LogP contribution in [-0.4, -0.2) is 47.1 Å². The second-order valence-corrected chi connectivity index (χ2v) is 7.71. The fourth-order valence-corrected chi connectivity index (χ4v) is 4.05. The normalized spacial score (nSPS) is 15.0. The van der Waals surface area contributed by atoms with E-state index in [0.29, 0.717) is 13.1 Å². The van der Waals surface area contributed by atoms with Crippen molar-refractivity contribution in [3.05, 3.63) is 108 Å². The molecule has 0 spiro atoms. The lowest BCUT2D eigenvalue weighted by atomic mass is 9.96. The lowest BCUT2D eigenvalue weighted by molar-refractivity contribution is -0.825. The highest BCUT2D eigenvalue weighted by atomic mass is 16.5. The molecule has 0 saturated carbocycles. The third-order valence-electron chi connectivity index (χ3n) is 5.73. The summed E-state index contributed by atoms with van der Waals surface area (Å²) in [7, 11) is 0. The van der Waals surface area contributed by atoms with E-state index < -0.39 is 0 Å². The molecule has 158 valence electrons. The topological polar surface area (TPSA) is 60.4 Å². The summed E-state index contributed by atoms with van der Waals surface area (Å²) in [6.45, 7) is 3.07. The third-order valence-corrected chi connectivity index (χ3v) is 5.73. The SMILES string of the molecule is O=C(/C=C/c1ccc([NH2+]O)cc1)N1CCN(C(c2ccccc2)c2ccccc2)CC1. The Morgan fingerprint density at radius 2 is 1.35 bits per heavy atom. The van der Waals surface area contributed by atoms with Crippen molar-refractivity contribution >= 4 is 17.7 Å². The van der Waals surface area contributed by atoms with Gasteiger partial charge in [0.25, 0.3) is 0 Å². The highest BCUT2D eigenvalue weighted by Gasteiger charge is 2.27. The van der Waals surface area contributed by atoms with Crippen molar-refractivity contribution in [3.8, 4) is 0 Å². The van der Waals surface area contributed by atoms with Gasteiger partial charge in [-0.25, -0.2) is 5.21 Å². The molecule has 3 aromatic carbocycles. The largest absolute Gasteiger partial charge is 0.337 e. The second kappa shape index (κ2) is 10.2. The molecule has 1 fully saturated rings. The van der Waals surface area contributed by atoms with E-state index in [9.17, 15) is 4.79 Å². The fraction of sp³-hybridized carbons (Fsp3) is 0.192. The Kier molecular flexibility index (Phi) is 6.89. The highest BCUT2D eigenvalue weighted by molar-refractivity contribution is 5.91. The van der Waals surface area contributed by atoms with E-state index in [-0.39, 0.29) is 11.9 Å². The molecule has 3 N–H and O–H groups in total. The monoisotopic (exact) mass is 414 g/mol. The van der Waals surface area contributed by atoms with Gasteiger partial charge in [-0.3, -0.25) is 9.69 Å². The van der Waals surface area contributed by atoms with Crippen LogP contribution >= 0.6 is 0 Å². The molecule has 31 heavy (non-hydrogen) atoms. The first-order valence-electron chi connectivity index (χ1n) is 10.6. The smallest absolute Gasteiger partial charge is 0.246 e. The van der Waals surface area contributed by atoms with Gasteiger partial charge in [-0.1, -0.05) is 60.7 Å². The first-order valence-corrected chi connectivity index (χ1v) is 10.6. The maximum Gasteiger partial charge on any atom is 0.246 e. The molecule has 4 rings (SSSR count). The zero-order valence-corrected chi connectivity index (χ0v) is 17.5. The van der Waals surface area contributed by atoms with Crippen molar-refractivity contribution < 1.29 is 15.5 Å². The minimum atomic E-state index is 0.0356. The van der Waals surface area contributed by atoms with E-state index in [4.69, 9.17) is 5.21 Å². The van der Waals surface area contributed by atoms with E-state index in [1.54, 1.807) is 6.08 Å². The van der Waals surface area contributed by atoms with Crippen LogP contribution in [0, 0.1) is 0 Å². The van der Waals surface area contributed by atoms with Crippen LogP contribution in [0.5, 0.6) is 0 Å². The number of hydrogen-bond donors (Lipinski definition) is 2. The van der Waals surface area contributed by atoms with Crippen molar-refractivity contribution in [2.75, 3.05) is 26.2 Å². The number of piperazine rings is 1. The number of hydrogen-bond acceptors (Lipinski definition) is 3. The summed E-state index contributed by atoms with van der Waals surface area (Å²) in [5, 5.41) is 9.01. The van der Waals surface area contributed by atoms with E-state index in [1.807, 2.05) is 47.4 Å². The fourth-order valence-electron chi connectivity index (χ4n) is 4.05. The predicted molar refractivity (Wildman–Crippen MR) is 122 cm³/mol. The Bertz CT molecular complexity index is 956. The van der Waals surface area contributed by atoms with Crippen LogP contribution in [0.1, 0.15) is 22.7 Å². The summed E-state index contributed by atoms with van der Waals surface area (Å²) < 4.78 is 0. The van der Waals surface area contributed by atoms with E-state index in [2.05, 4.69) is 53.4 Å². The molecule has 0 aliphatic carbocycles. The average molecular weight is 415 g/mol. The van der Waals surface area contributed by atoms with E-state index in [0.717, 1.165) is 29.8 Å². The van der Waals surface area contributed by atoms with Gasteiger partial charge in [-0.15, -0.1) is 0 Å². The zero-order valence-electron chi connectivity index (χ0n) is 17.5. The molecule has 0 unspecified atom stereocenters. The molecule has 1 aliphatic rings. The lowest BCUT2D eigenvalue weighted by Crippen LogP contribution is -2.73. The minimum absolute atomic E-state index is 0.0356. The lowest BCUT2D eigenvalue weighted by Gasteiger charge is -2.39. The van der Waals surface area contributed by atoms with Crippen LogP contribution in [0.2, 0.25) is 0 Å². The molecule has 0 radical (unpaired) electrons. The molecule has 1 amide bonds. The standard InChI is InChI=1S/C26H27N3O2/c30-25(16-13-21-11-14-24(27-31)15-12-21)28-17-19-29(20-18-28)26(22-7-3-1-4-8-22)23-9-5-2-6-10-23/h1-16,26-27,31H,17-20H2/p+1/b16-13+. The van der Waals surface area contributed by atoms with Crippen LogP contribution < -0.4 is 5.48 Å². The van der Waals surface area contributed by atoms with Crippen molar-refractivity contribution in [1.29, 1.82) is 0 Å². The Balaban J connectivity index is 1.41. The summed E-state index contributed by atoms with van der Waals surface area (Å²) in [6.07, 6.45) is 3.46. The quantitative estimate of drug-likeness (QED) is 0.370. The second-order valence-electron chi connectivity index (χ2n) is 7.71. The van der Waals surface area contributed by atoms with Gasteiger partial charge in [0.15, 0.2) is 5.69 Å². The van der Waals surface area contributed by atoms with Crippen molar-refractivity contribution in [2.24, 2.45) is 0 Å². The number of nitrogens with zero attached hydrogens (tertiary/aromatic N) is 2. The number of quaternary nitrogens is 1. The Morgan fingerprint density at radius 3 is 1.87 bits per heavy atom. The van der Waals surface area contributed by atoms with Crippen LogP contribution in [0.3, 0.4) is 0 Å². The molecular formula is C26H28N3O2+. The van der Waals surface area contributed by atoms with Gasteiger partial charge in [-0.2, -0.15) is 5.48 Å². The van der Waals surface area contributed by atoms with Crippen LogP contribution in [0.25, 0.3) is 6.08 Å². The van der Waals surface area contributed by atoms with Gasteiger partial charge in [0, 0.05) is 44.4 Å². The number of rotatable bonds is 6. The molecule has 0 atom stereocenters. The van der Waals surface area contributed by atoms with E-state index >= 15 is 0 Å². The maximum atomic E-state index is 12.7. The Morgan fingerprint density at radius 1 is 0.806 bits per heavy atom. The van der Waals surface area contributed by atoms with Gasteiger partial charge in [0.05, 0.1) is 6.04 Å². The van der Waals surface area contributed by atoms with Gasteiger partial charge in [0.1, 0.15) is 0 Å². The predicted octanol–water partition coefficient (Wildman–Crippen LogP) is 3.22. The van der Waals surface area contributed by atoms with Gasteiger partial charge >= 0.3 is 0 Å². The number of benzene rings is 3. The average Bonchev–Trinajstić information content (AvgIpc) is 2.85. The Hall–Kier alpha value is -3.25. The summed E-state index contributed by atoms with van der Waals surface area (Å²) in [6, 6.07) is 28.7. The first-order chi connectivity index (χ1) is 15.2. The van der Waals surface area contributed by atoms with Crippen molar-refractivity contribution in [1.82, 2.24) is 9.80 Å². The molecule has 1 aliphatic heterocycles. The van der Waals surface area contributed by atoms with Crippen LogP contribution in [0.15, 0.2) is 91.0 Å². The molecule has 0 bridgehead atoms. The summed E-state index contributed by atoms with van der Waals surface area (Å²) in [5.74, 6) is 0.0356. The molecule has 1 heterocycles. The van der Waals surface area contributed by atoms with E-state index in [1.165, 1.54) is 11.1 Å². The number of carbonyl (C=O) groups is 1. The molecule has 1 saturated heterocycles. The van der Waals surface area contributed by atoms with Crippen molar-refractivity contribution in [2.45, 2.75) is 6.04 Å². The maximum absolute atomic E-state index is 12.7. The Labute approximate surface area is 183 Å².